The Morgan fingerprint density at radius 3 is 1.43 bits per heavy atom. The monoisotopic (exact) mass is 608 g/mol. The molecule has 0 fully saturated rings. The fourth-order valence-electron chi connectivity index (χ4n) is 5.28. The van der Waals surface area contributed by atoms with Gasteiger partial charge in [-0.15, -0.1) is 0 Å². The zero-order valence-electron chi connectivity index (χ0n) is 29.5. The van der Waals surface area contributed by atoms with Crippen LogP contribution in [-0.4, -0.2) is 36.5 Å². The van der Waals surface area contributed by atoms with Gasteiger partial charge in [0.1, 0.15) is 0 Å². The van der Waals surface area contributed by atoms with Crippen LogP contribution in [0, 0.1) is 0 Å². The first-order chi connectivity index (χ1) is 20.7. The predicted molar refractivity (Wildman–Crippen MR) is 184 cm³/mol. The first kappa shape index (κ1) is 39.1. The van der Waals surface area contributed by atoms with Crippen molar-refractivity contribution >= 4 is 11.6 Å². The van der Waals surface area contributed by atoms with Crippen molar-refractivity contribution in [1.29, 1.82) is 0 Å². The quantitative estimate of drug-likeness (QED) is 0.110. The Bertz CT molecular complexity index is 1190. The number of aliphatic hydroxyl groups is 1. The third kappa shape index (κ3) is 14.7. The van der Waals surface area contributed by atoms with Gasteiger partial charge in [-0.05, 0) is 132 Å². The molecule has 5 nitrogen and oxygen atoms in total. The molecule has 1 atom stereocenters. The average molecular weight is 609 g/mol. The van der Waals surface area contributed by atoms with Crippen LogP contribution in [0.2, 0.25) is 0 Å². The molecule has 1 unspecified atom stereocenters. The highest BCUT2D eigenvalue weighted by Gasteiger charge is 2.35. The van der Waals surface area contributed by atoms with E-state index in [1.54, 1.807) is 13.8 Å². The van der Waals surface area contributed by atoms with Crippen LogP contribution >= 0.6 is 0 Å². The van der Waals surface area contributed by atoms with E-state index in [0.29, 0.717) is 30.4 Å². The van der Waals surface area contributed by atoms with Crippen molar-refractivity contribution in [1.82, 2.24) is 0 Å². The molecule has 0 aromatic carbocycles. The Morgan fingerprint density at radius 1 is 0.636 bits per heavy atom. The molecule has 246 valence electrons. The van der Waals surface area contributed by atoms with E-state index in [1.165, 1.54) is 42.1 Å². The second-order valence-electron chi connectivity index (χ2n) is 13.0. The van der Waals surface area contributed by atoms with Crippen molar-refractivity contribution in [3.8, 4) is 0 Å². The Labute approximate surface area is 268 Å². The summed E-state index contributed by atoms with van der Waals surface area (Å²) in [5, 5.41) is 11.0. The van der Waals surface area contributed by atoms with E-state index in [1.807, 2.05) is 0 Å². The van der Waals surface area contributed by atoms with Gasteiger partial charge in [-0.3, -0.25) is 9.59 Å². The zero-order chi connectivity index (χ0) is 33.3. The lowest BCUT2D eigenvalue weighted by Gasteiger charge is -2.25. The van der Waals surface area contributed by atoms with Crippen LogP contribution in [0.15, 0.2) is 80.9 Å². The Hall–Kier alpha value is -2.92. The van der Waals surface area contributed by atoms with E-state index >= 15 is 0 Å². The number of methoxy groups -OCH3 is 2. The highest BCUT2D eigenvalue weighted by atomic mass is 16.5. The summed E-state index contributed by atoms with van der Waals surface area (Å²) < 4.78 is 10.3. The highest BCUT2D eigenvalue weighted by molar-refractivity contribution is 6.23. The summed E-state index contributed by atoms with van der Waals surface area (Å²) in [6.07, 6.45) is 22.5. The van der Waals surface area contributed by atoms with E-state index in [-0.39, 0.29) is 23.1 Å². The van der Waals surface area contributed by atoms with Gasteiger partial charge in [0.2, 0.25) is 23.1 Å². The second-order valence-corrected chi connectivity index (χ2v) is 13.0. The molecule has 1 rings (SSSR count). The lowest BCUT2D eigenvalue weighted by molar-refractivity contribution is -0.121. The molecule has 0 spiro atoms. The lowest BCUT2D eigenvalue weighted by atomic mass is 9.85. The number of carbonyl (C=O) groups excluding carboxylic acids is 2. The molecule has 0 amide bonds. The summed E-state index contributed by atoms with van der Waals surface area (Å²) in [4.78, 5) is 25.5. The number of ether oxygens (including phenoxy) is 2. The Kier molecular flexibility index (Phi) is 17.9. The SMILES string of the molecule is COC1=C(OC)C(=O)C(CCC(C)(O)CCC=C(C)CCC=C(C)CCC=C(C)CCC=C(C)CCC=C(C)C)=C(C)C1=O. The maximum absolute atomic E-state index is 12.9. The molecule has 0 saturated carbocycles. The molecule has 0 radical (unpaired) electrons. The minimum atomic E-state index is -0.950. The van der Waals surface area contributed by atoms with E-state index < -0.39 is 5.60 Å². The van der Waals surface area contributed by atoms with E-state index in [0.717, 1.165) is 57.8 Å². The fourth-order valence-corrected chi connectivity index (χ4v) is 5.28. The molecule has 0 aromatic rings. The summed E-state index contributed by atoms with van der Waals surface area (Å²) in [5.41, 5.74) is 6.91. The fraction of sp³-hybridized carbons (Fsp3) is 0.590. The number of hydrogen-bond donors (Lipinski definition) is 1. The first-order valence-electron chi connectivity index (χ1n) is 16.3. The molecule has 1 aliphatic carbocycles. The molecule has 44 heavy (non-hydrogen) atoms. The standard InChI is InChI=1S/C39H60O5/c1-28(2)16-11-17-29(3)18-12-19-30(4)20-13-21-31(5)22-14-23-32(6)24-15-26-39(8,42)27-25-34-33(7)35(40)37(43-9)38(44-10)36(34)41/h16,18,20,22,24,42H,11-15,17,19,21,23,25-27H2,1-10H3. The Balaban J connectivity index is 2.42. The minimum Gasteiger partial charge on any atom is -0.489 e. The number of Topliss-reactive ketones (excluding diaryl/α,β-unsaturated/α-hetero) is 2. The average Bonchev–Trinajstić information content (AvgIpc) is 2.94. The lowest BCUT2D eigenvalue weighted by Crippen LogP contribution is -2.28. The number of hydrogen-bond acceptors (Lipinski definition) is 5. The molecule has 5 heteroatoms. The van der Waals surface area contributed by atoms with E-state index in [2.05, 4.69) is 71.9 Å². The van der Waals surface area contributed by atoms with Gasteiger partial charge in [-0.1, -0.05) is 58.2 Å². The van der Waals surface area contributed by atoms with Gasteiger partial charge in [0.05, 0.1) is 19.8 Å². The van der Waals surface area contributed by atoms with Crippen LogP contribution in [-0.2, 0) is 19.1 Å². The van der Waals surface area contributed by atoms with Gasteiger partial charge in [0.25, 0.3) is 0 Å². The van der Waals surface area contributed by atoms with Crippen LogP contribution in [0.5, 0.6) is 0 Å². The number of carbonyl (C=O) groups is 2. The van der Waals surface area contributed by atoms with Crippen molar-refractivity contribution in [2.45, 2.75) is 138 Å². The van der Waals surface area contributed by atoms with Crippen molar-refractivity contribution in [3.05, 3.63) is 80.9 Å². The summed E-state index contributed by atoms with van der Waals surface area (Å²) in [5.74, 6) is -0.801. The Morgan fingerprint density at radius 2 is 1.02 bits per heavy atom. The van der Waals surface area contributed by atoms with Crippen LogP contribution in [0.25, 0.3) is 0 Å². The predicted octanol–water partition coefficient (Wildman–Crippen LogP) is 10.1. The molecule has 0 saturated heterocycles. The maximum Gasteiger partial charge on any atom is 0.228 e. The molecule has 1 N–H and O–H groups in total. The molecule has 1 aliphatic rings. The van der Waals surface area contributed by atoms with Crippen LogP contribution < -0.4 is 0 Å². The minimum absolute atomic E-state index is 0.0569. The molecule has 0 aliphatic heterocycles. The number of allylic oxidation sites excluding steroid dienone is 12. The number of rotatable bonds is 20. The van der Waals surface area contributed by atoms with Gasteiger partial charge in [-0.2, -0.15) is 0 Å². The third-order valence-corrected chi connectivity index (χ3v) is 8.37. The number of ketones is 2. The molecule has 0 aromatic heterocycles. The van der Waals surface area contributed by atoms with Crippen molar-refractivity contribution in [2.24, 2.45) is 0 Å². The normalized spacial score (nSPS) is 16.9. The van der Waals surface area contributed by atoms with Crippen molar-refractivity contribution in [3.63, 3.8) is 0 Å². The van der Waals surface area contributed by atoms with Gasteiger partial charge >= 0.3 is 0 Å². The second kappa shape index (κ2) is 20.2. The first-order valence-corrected chi connectivity index (χ1v) is 16.3. The van der Waals surface area contributed by atoms with E-state index in [9.17, 15) is 14.7 Å². The van der Waals surface area contributed by atoms with Crippen molar-refractivity contribution in [2.75, 3.05) is 14.2 Å². The molecular formula is C39H60O5. The smallest absolute Gasteiger partial charge is 0.228 e. The summed E-state index contributed by atoms with van der Waals surface area (Å²) in [6, 6.07) is 0. The topological polar surface area (TPSA) is 72.8 Å². The van der Waals surface area contributed by atoms with Gasteiger partial charge < -0.3 is 14.6 Å². The van der Waals surface area contributed by atoms with Gasteiger partial charge in [-0.25, -0.2) is 0 Å². The zero-order valence-corrected chi connectivity index (χ0v) is 29.5. The van der Waals surface area contributed by atoms with E-state index in [4.69, 9.17) is 9.47 Å². The summed E-state index contributed by atoms with van der Waals surface area (Å²) in [7, 11) is 2.71. The van der Waals surface area contributed by atoms with Gasteiger partial charge in [0, 0.05) is 11.1 Å². The highest BCUT2D eigenvalue weighted by Crippen LogP contribution is 2.31. The summed E-state index contributed by atoms with van der Waals surface area (Å²) >= 11 is 0. The third-order valence-electron chi connectivity index (χ3n) is 8.37. The van der Waals surface area contributed by atoms with Crippen LogP contribution in [0.3, 0.4) is 0 Å². The molecule has 0 bridgehead atoms. The largest absolute Gasteiger partial charge is 0.489 e. The maximum atomic E-state index is 12.9. The van der Waals surface area contributed by atoms with Crippen LogP contribution in [0.1, 0.15) is 132 Å². The molecular weight excluding hydrogens is 548 g/mol. The summed E-state index contributed by atoms with van der Waals surface area (Å²) in [6.45, 7) is 16.6. The van der Waals surface area contributed by atoms with Gasteiger partial charge in [0.15, 0.2) is 0 Å². The van der Waals surface area contributed by atoms with Crippen molar-refractivity contribution < 1.29 is 24.2 Å². The van der Waals surface area contributed by atoms with Crippen LogP contribution in [0.4, 0.5) is 0 Å². The molecule has 0 heterocycles.